The van der Waals surface area contributed by atoms with Gasteiger partial charge in [0.1, 0.15) is 5.69 Å². The third-order valence-electron chi connectivity index (χ3n) is 4.14. The molecule has 0 spiro atoms. The number of pyridine rings is 1. The molecule has 4 aromatic rings. The van der Waals surface area contributed by atoms with Crippen molar-refractivity contribution < 1.29 is 9.90 Å². The number of halogens is 1. The van der Waals surface area contributed by atoms with E-state index in [0.717, 1.165) is 15.9 Å². The molecule has 0 aliphatic rings. The van der Waals surface area contributed by atoms with Gasteiger partial charge in [0.15, 0.2) is 0 Å². The Morgan fingerprint density at radius 1 is 1.12 bits per heavy atom. The highest BCUT2D eigenvalue weighted by Crippen LogP contribution is 2.28. The zero-order valence-corrected chi connectivity index (χ0v) is 15.3. The van der Waals surface area contributed by atoms with Gasteiger partial charge in [-0.1, -0.05) is 39.3 Å². The van der Waals surface area contributed by atoms with Gasteiger partial charge in [-0.2, -0.15) is 0 Å². The second-order valence-corrected chi connectivity index (χ2v) is 6.71. The zero-order chi connectivity index (χ0) is 18.3. The number of hydrogen-bond donors (Lipinski definition) is 1. The van der Waals surface area contributed by atoms with Crippen molar-refractivity contribution in [3.05, 3.63) is 70.3 Å². The van der Waals surface area contributed by atoms with Crippen LogP contribution in [0.4, 0.5) is 0 Å². The van der Waals surface area contributed by atoms with E-state index in [0.29, 0.717) is 22.3 Å². The first-order chi connectivity index (χ1) is 12.5. The van der Waals surface area contributed by atoms with E-state index in [4.69, 9.17) is 0 Å². The molecular formula is C19H13BrN4O2. The Bertz CT molecular complexity index is 1140. The molecule has 2 aromatic carbocycles. The minimum Gasteiger partial charge on any atom is -0.478 e. The van der Waals surface area contributed by atoms with E-state index in [9.17, 15) is 9.90 Å². The van der Waals surface area contributed by atoms with Crippen LogP contribution in [0.2, 0.25) is 0 Å². The molecule has 0 bridgehead atoms. The smallest absolute Gasteiger partial charge is 0.336 e. The Labute approximate surface area is 157 Å². The van der Waals surface area contributed by atoms with Gasteiger partial charge in [0, 0.05) is 9.86 Å². The molecule has 0 unspecified atom stereocenters. The molecule has 26 heavy (non-hydrogen) atoms. The Hall–Kier alpha value is -3.06. The van der Waals surface area contributed by atoms with Gasteiger partial charge in [-0.15, -0.1) is 5.10 Å². The van der Waals surface area contributed by atoms with Crippen molar-refractivity contribution in [2.75, 3.05) is 0 Å². The summed E-state index contributed by atoms with van der Waals surface area (Å²) in [6.45, 7) is 1.89. The summed E-state index contributed by atoms with van der Waals surface area (Å²) in [5, 5.41) is 18.6. The fraction of sp³-hybridized carbons (Fsp3) is 0.0526. The van der Waals surface area contributed by atoms with Crippen molar-refractivity contribution in [2.45, 2.75) is 6.92 Å². The second kappa shape index (κ2) is 6.34. The number of aromatic carboxylic acids is 1. The normalized spacial score (nSPS) is 11.0. The topological polar surface area (TPSA) is 80.9 Å². The minimum atomic E-state index is -1.01. The first-order valence-electron chi connectivity index (χ1n) is 7.86. The summed E-state index contributed by atoms with van der Waals surface area (Å²) in [7, 11) is 0. The lowest BCUT2D eigenvalue weighted by molar-refractivity contribution is 0.0699. The summed E-state index contributed by atoms with van der Waals surface area (Å²) >= 11 is 3.37. The van der Waals surface area contributed by atoms with Crippen LogP contribution in [0.3, 0.4) is 0 Å². The quantitative estimate of drug-likeness (QED) is 0.547. The van der Waals surface area contributed by atoms with Gasteiger partial charge in [0.2, 0.25) is 0 Å². The maximum absolute atomic E-state index is 11.7. The number of hydrogen-bond acceptors (Lipinski definition) is 4. The van der Waals surface area contributed by atoms with Gasteiger partial charge >= 0.3 is 5.97 Å². The minimum absolute atomic E-state index is 0.181. The van der Waals surface area contributed by atoms with Crippen LogP contribution in [0, 0.1) is 6.92 Å². The number of para-hydroxylation sites is 1. The van der Waals surface area contributed by atoms with Crippen molar-refractivity contribution in [1.82, 2.24) is 20.0 Å². The Morgan fingerprint density at radius 2 is 1.88 bits per heavy atom. The van der Waals surface area contributed by atoms with Gasteiger partial charge in [-0.05, 0) is 43.3 Å². The number of carboxylic acid groups (broad SMARTS) is 1. The predicted molar refractivity (Wildman–Crippen MR) is 101 cm³/mol. The number of fused-ring (bicyclic) bond motifs is 1. The lowest BCUT2D eigenvalue weighted by atomic mass is 10.1. The van der Waals surface area contributed by atoms with Crippen LogP contribution in [-0.4, -0.2) is 31.1 Å². The molecule has 0 amide bonds. The number of carbonyl (C=O) groups is 1. The SMILES string of the molecule is Cc1c(-c2cc(C(=O)O)c3cc(Br)ccc3n2)nnn1-c1ccccc1. The first-order valence-corrected chi connectivity index (χ1v) is 8.65. The average Bonchev–Trinajstić information content (AvgIpc) is 3.03. The van der Waals surface area contributed by atoms with E-state index in [-0.39, 0.29) is 5.56 Å². The summed E-state index contributed by atoms with van der Waals surface area (Å²) in [5.74, 6) is -1.01. The molecule has 7 heteroatoms. The lowest BCUT2D eigenvalue weighted by Gasteiger charge is -2.07. The molecule has 128 valence electrons. The number of aromatic nitrogens is 4. The standard InChI is InChI=1S/C19H13BrN4O2/c1-11-18(22-23-24(11)13-5-3-2-4-6-13)17-10-15(19(25)26)14-9-12(20)7-8-16(14)21-17/h2-10H,1H3,(H,25,26). The molecule has 0 aliphatic heterocycles. The largest absolute Gasteiger partial charge is 0.478 e. The van der Waals surface area contributed by atoms with E-state index >= 15 is 0 Å². The van der Waals surface area contributed by atoms with E-state index in [1.54, 1.807) is 22.9 Å². The fourth-order valence-corrected chi connectivity index (χ4v) is 3.24. The van der Waals surface area contributed by atoms with Crippen molar-refractivity contribution in [3.8, 4) is 17.1 Å². The summed E-state index contributed by atoms with van der Waals surface area (Å²) < 4.78 is 2.51. The van der Waals surface area contributed by atoms with Crippen LogP contribution in [-0.2, 0) is 0 Å². The molecule has 4 rings (SSSR count). The van der Waals surface area contributed by atoms with Crippen molar-refractivity contribution in [1.29, 1.82) is 0 Å². The molecule has 0 radical (unpaired) electrons. The molecule has 0 atom stereocenters. The molecule has 0 fully saturated rings. The van der Waals surface area contributed by atoms with Crippen molar-refractivity contribution >= 4 is 32.8 Å². The molecule has 2 aromatic heterocycles. The maximum atomic E-state index is 11.7. The van der Waals surface area contributed by atoms with E-state index in [2.05, 4.69) is 31.2 Å². The van der Waals surface area contributed by atoms with E-state index < -0.39 is 5.97 Å². The van der Waals surface area contributed by atoms with E-state index in [1.165, 1.54) is 0 Å². The van der Waals surface area contributed by atoms with Gasteiger partial charge in [0.25, 0.3) is 0 Å². The zero-order valence-electron chi connectivity index (χ0n) is 13.7. The highest BCUT2D eigenvalue weighted by molar-refractivity contribution is 9.10. The fourth-order valence-electron chi connectivity index (χ4n) is 2.88. The third-order valence-corrected chi connectivity index (χ3v) is 4.63. The monoisotopic (exact) mass is 408 g/mol. The highest BCUT2D eigenvalue weighted by atomic mass is 79.9. The Kier molecular flexibility index (Phi) is 4.00. The van der Waals surface area contributed by atoms with Gasteiger partial charge in [-0.25, -0.2) is 14.5 Å². The van der Waals surface area contributed by atoms with Gasteiger partial charge < -0.3 is 5.11 Å². The van der Waals surface area contributed by atoms with Gasteiger partial charge in [-0.3, -0.25) is 0 Å². The molecule has 0 saturated heterocycles. The van der Waals surface area contributed by atoms with Crippen molar-refractivity contribution in [3.63, 3.8) is 0 Å². The van der Waals surface area contributed by atoms with Gasteiger partial charge in [0.05, 0.1) is 28.2 Å². The Morgan fingerprint density at radius 3 is 2.62 bits per heavy atom. The van der Waals surface area contributed by atoms with Crippen LogP contribution in [0.15, 0.2) is 59.1 Å². The first kappa shape index (κ1) is 16.4. The predicted octanol–water partition coefficient (Wildman–Crippen LogP) is 4.25. The number of rotatable bonds is 3. The number of benzene rings is 2. The summed E-state index contributed by atoms with van der Waals surface area (Å²) in [4.78, 5) is 16.3. The number of carboxylic acids is 1. The molecule has 1 N–H and O–H groups in total. The average molecular weight is 409 g/mol. The number of nitrogens with zero attached hydrogens (tertiary/aromatic N) is 4. The molecule has 2 heterocycles. The van der Waals surface area contributed by atoms with Crippen LogP contribution >= 0.6 is 15.9 Å². The van der Waals surface area contributed by atoms with Crippen LogP contribution in [0.5, 0.6) is 0 Å². The molecular weight excluding hydrogens is 396 g/mol. The summed E-state index contributed by atoms with van der Waals surface area (Å²) in [6, 6.07) is 16.5. The lowest BCUT2D eigenvalue weighted by Crippen LogP contribution is -2.01. The molecule has 6 nitrogen and oxygen atoms in total. The van der Waals surface area contributed by atoms with E-state index in [1.807, 2.05) is 43.3 Å². The third kappa shape index (κ3) is 2.76. The maximum Gasteiger partial charge on any atom is 0.336 e. The molecule has 0 saturated carbocycles. The molecule has 0 aliphatic carbocycles. The van der Waals surface area contributed by atoms with Crippen LogP contribution < -0.4 is 0 Å². The van der Waals surface area contributed by atoms with Crippen LogP contribution in [0.1, 0.15) is 16.1 Å². The summed E-state index contributed by atoms with van der Waals surface area (Å²) in [5.41, 5.74) is 3.48. The van der Waals surface area contributed by atoms with Crippen molar-refractivity contribution in [2.24, 2.45) is 0 Å². The highest BCUT2D eigenvalue weighted by Gasteiger charge is 2.18. The second-order valence-electron chi connectivity index (χ2n) is 5.79. The summed E-state index contributed by atoms with van der Waals surface area (Å²) in [6.07, 6.45) is 0. The Balaban J connectivity index is 1.92. The van der Waals surface area contributed by atoms with Crippen LogP contribution in [0.25, 0.3) is 28.0 Å².